The molecule has 266 valence electrons. The number of aromatic hydroxyl groups is 1. The van der Waals surface area contributed by atoms with Crippen LogP contribution in [0.2, 0.25) is 0 Å². The van der Waals surface area contributed by atoms with Gasteiger partial charge in [0.15, 0.2) is 5.78 Å². The van der Waals surface area contributed by atoms with Crippen LogP contribution in [0.15, 0.2) is 35.4 Å². The monoisotopic (exact) mass is 663 g/mol. The van der Waals surface area contributed by atoms with Crippen LogP contribution in [0.3, 0.4) is 0 Å². The molecule has 1 aliphatic heterocycles. The van der Waals surface area contributed by atoms with E-state index in [0.29, 0.717) is 25.8 Å². The first-order chi connectivity index (χ1) is 22.3. The summed E-state index contributed by atoms with van der Waals surface area (Å²) in [5, 5.41) is 35.9. The van der Waals surface area contributed by atoms with Gasteiger partial charge < -0.3 is 25.4 Å². The molecular formula is C41H61NO6. The molecule has 0 unspecified atom stereocenters. The van der Waals surface area contributed by atoms with E-state index >= 15 is 0 Å². The summed E-state index contributed by atoms with van der Waals surface area (Å²) in [5.41, 5.74) is 1.37. The van der Waals surface area contributed by atoms with E-state index in [-0.39, 0.29) is 75.0 Å². The summed E-state index contributed by atoms with van der Waals surface area (Å²) >= 11 is 0. The fourth-order valence-electron chi connectivity index (χ4n) is 12.3. The van der Waals surface area contributed by atoms with Gasteiger partial charge in [0.2, 0.25) is 0 Å². The molecule has 0 bridgehead atoms. The van der Waals surface area contributed by atoms with Crippen LogP contribution < -0.4 is 5.32 Å². The maximum atomic E-state index is 14.5. The van der Waals surface area contributed by atoms with E-state index in [0.717, 1.165) is 43.2 Å². The molecule has 4 N–H and O–H groups in total. The number of allylic oxidation sites excluding steroid dienone is 2. The van der Waals surface area contributed by atoms with Gasteiger partial charge in [0.1, 0.15) is 17.6 Å². The number of ketones is 2. The van der Waals surface area contributed by atoms with Gasteiger partial charge in [-0.2, -0.15) is 0 Å². The third-order valence-corrected chi connectivity index (χ3v) is 14.4. The third-order valence-electron chi connectivity index (χ3n) is 14.4. The van der Waals surface area contributed by atoms with Crippen molar-refractivity contribution in [3.63, 3.8) is 0 Å². The number of phenols is 1. The average molecular weight is 664 g/mol. The number of aliphatic hydroxyl groups is 2. The van der Waals surface area contributed by atoms with Gasteiger partial charge in [-0.1, -0.05) is 65.7 Å². The highest BCUT2D eigenvalue weighted by Gasteiger charge is 2.71. The molecule has 0 amide bonds. The zero-order chi connectivity index (χ0) is 35.2. The van der Waals surface area contributed by atoms with Gasteiger partial charge in [-0.25, -0.2) is 0 Å². The van der Waals surface area contributed by atoms with Gasteiger partial charge in [-0.15, -0.1) is 0 Å². The van der Waals surface area contributed by atoms with E-state index in [2.05, 4.69) is 46.9 Å². The summed E-state index contributed by atoms with van der Waals surface area (Å²) in [6.45, 7) is 19.8. The Kier molecular flexibility index (Phi) is 8.96. The van der Waals surface area contributed by atoms with Crippen molar-refractivity contribution in [3.05, 3.63) is 41.0 Å². The minimum atomic E-state index is -0.643. The molecule has 1 saturated heterocycles. The topological polar surface area (TPSA) is 119 Å². The third kappa shape index (κ3) is 5.45. The summed E-state index contributed by atoms with van der Waals surface area (Å²) < 4.78 is 5.82. The Morgan fingerprint density at radius 2 is 1.73 bits per heavy atom. The van der Waals surface area contributed by atoms with Crippen LogP contribution in [0.1, 0.15) is 125 Å². The minimum absolute atomic E-state index is 0.00642. The highest BCUT2D eigenvalue weighted by atomic mass is 16.6. The number of Topliss-reactive ketones (excluding diaryl/α,β-unsaturated/α-hetero) is 2. The number of hydrogen-bond donors (Lipinski definition) is 4. The molecule has 1 heterocycles. The highest BCUT2D eigenvalue weighted by Crippen LogP contribution is 2.75. The van der Waals surface area contributed by atoms with Crippen LogP contribution in [-0.4, -0.2) is 63.4 Å². The van der Waals surface area contributed by atoms with Crippen LogP contribution in [0.5, 0.6) is 5.75 Å². The minimum Gasteiger partial charge on any atom is -0.508 e. The molecule has 7 nitrogen and oxygen atoms in total. The van der Waals surface area contributed by atoms with Crippen LogP contribution in [0.25, 0.3) is 0 Å². The Balaban J connectivity index is 1.44. The smallest absolute Gasteiger partial charge is 0.160 e. The summed E-state index contributed by atoms with van der Waals surface area (Å²) in [5.74, 6) is 0.620. The number of phenolic OH excluding ortho intramolecular Hbond substituents is 1. The second-order valence-corrected chi connectivity index (χ2v) is 18.3. The fourth-order valence-corrected chi connectivity index (χ4v) is 12.3. The number of hydrogen-bond acceptors (Lipinski definition) is 7. The van der Waals surface area contributed by atoms with E-state index in [1.807, 2.05) is 26.0 Å². The van der Waals surface area contributed by atoms with Crippen molar-refractivity contribution in [2.24, 2.45) is 39.4 Å². The average Bonchev–Trinajstić information content (AvgIpc) is 3.54. The largest absolute Gasteiger partial charge is 0.508 e. The summed E-state index contributed by atoms with van der Waals surface area (Å²) in [6.07, 6.45) is 4.84. The Labute approximate surface area is 288 Å². The first kappa shape index (κ1) is 35.8. The number of ether oxygens (including phenoxy) is 1. The van der Waals surface area contributed by atoms with Gasteiger partial charge in [-0.3, -0.25) is 9.59 Å². The van der Waals surface area contributed by atoms with Crippen molar-refractivity contribution >= 4 is 11.6 Å². The Morgan fingerprint density at radius 1 is 1.04 bits per heavy atom. The number of nitrogens with one attached hydrogen (secondary N) is 1. The molecule has 0 spiro atoms. The van der Waals surface area contributed by atoms with Gasteiger partial charge >= 0.3 is 0 Å². The Bertz CT molecular complexity index is 1480. The number of epoxide rings is 1. The van der Waals surface area contributed by atoms with Crippen molar-refractivity contribution in [3.8, 4) is 5.75 Å². The van der Waals surface area contributed by atoms with Crippen molar-refractivity contribution in [2.45, 2.75) is 150 Å². The predicted octanol–water partition coefficient (Wildman–Crippen LogP) is 6.88. The lowest BCUT2D eigenvalue weighted by molar-refractivity contribution is -0.193. The van der Waals surface area contributed by atoms with E-state index in [1.165, 1.54) is 5.57 Å². The van der Waals surface area contributed by atoms with Crippen LogP contribution in [-0.2, 0) is 14.3 Å². The van der Waals surface area contributed by atoms with E-state index in [4.69, 9.17) is 4.74 Å². The molecule has 7 heteroatoms. The summed E-state index contributed by atoms with van der Waals surface area (Å²) in [6, 6.07) is 7.21. The molecule has 0 radical (unpaired) electrons. The maximum absolute atomic E-state index is 14.5. The number of carbonyl (C=O) groups is 2. The molecule has 0 aromatic heterocycles. The van der Waals surface area contributed by atoms with Gasteiger partial charge in [-0.05, 0) is 111 Å². The summed E-state index contributed by atoms with van der Waals surface area (Å²) in [4.78, 5) is 28.8. The zero-order valence-electron chi connectivity index (χ0n) is 30.9. The lowest BCUT2D eigenvalue weighted by Gasteiger charge is -2.70. The van der Waals surface area contributed by atoms with Crippen molar-refractivity contribution in [1.82, 2.24) is 5.32 Å². The number of fused-ring (bicyclic) bond motifs is 5. The quantitative estimate of drug-likeness (QED) is 0.202. The van der Waals surface area contributed by atoms with Crippen LogP contribution >= 0.6 is 0 Å². The molecule has 11 atom stereocenters. The standard InChI is InChI=1S/C41H61NO6/c1-10-12-25(18-30(45)36-38(5,6)48-36)33-28-15-16-32-39(7)19-27(24-13-11-14-26(44)17-24)35(47)37(3,4)34(39)29(42-22-23(2)43)20-41(32,9)40(28,8)21-31(33)46/h11,13-14,17,23,25,27,29-30,32,34,36,42-45H,10,12,15-16,18-22H2,1-9H3/t23-,25+,27+,29-,30+,32+,34-,36+,39-,40-,41-/m0/s1. The molecule has 1 aromatic carbocycles. The molecule has 3 saturated carbocycles. The van der Waals surface area contributed by atoms with Crippen molar-refractivity contribution < 1.29 is 29.6 Å². The normalized spacial score (nSPS) is 40.1. The van der Waals surface area contributed by atoms with E-state index in [1.54, 1.807) is 19.1 Å². The number of rotatable bonds is 10. The lowest BCUT2D eigenvalue weighted by atomic mass is 9.34. The van der Waals surface area contributed by atoms with Gasteiger partial charge in [0.05, 0.1) is 17.8 Å². The second-order valence-electron chi connectivity index (χ2n) is 18.3. The molecule has 48 heavy (non-hydrogen) atoms. The number of aliphatic hydroxyl groups excluding tert-OH is 2. The van der Waals surface area contributed by atoms with Crippen molar-refractivity contribution in [2.75, 3.05) is 6.54 Å². The molecule has 4 fully saturated rings. The molecule has 5 aliphatic rings. The summed E-state index contributed by atoms with van der Waals surface area (Å²) in [7, 11) is 0. The van der Waals surface area contributed by atoms with Crippen LogP contribution in [0, 0.1) is 39.4 Å². The highest BCUT2D eigenvalue weighted by molar-refractivity contribution is 6.00. The first-order valence-electron chi connectivity index (χ1n) is 18.7. The molecule has 1 aromatic rings. The SMILES string of the molecule is CCC[C@H](C[C@@H](O)[C@H]1OC1(C)C)C1=C2CC[C@@H]3[C@]4(C)C[C@H](c5cccc(O)c5)C(=O)C(C)(C)[C@@H]4[C@@H](NC[C@H](C)O)C[C@]3(C)[C@@]2(C)CC1=O. The number of benzene rings is 1. The fraction of sp³-hybridized carbons (Fsp3) is 0.756. The molecular weight excluding hydrogens is 602 g/mol. The first-order valence-corrected chi connectivity index (χ1v) is 18.7. The van der Waals surface area contributed by atoms with Crippen LogP contribution in [0.4, 0.5) is 0 Å². The molecule has 6 rings (SSSR count). The van der Waals surface area contributed by atoms with Gasteiger partial charge in [0, 0.05) is 35.8 Å². The second kappa shape index (κ2) is 12.0. The molecule has 4 aliphatic carbocycles. The predicted molar refractivity (Wildman–Crippen MR) is 188 cm³/mol. The van der Waals surface area contributed by atoms with Gasteiger partial charge in [0.25, 0.3) is 0 Å². The number of carbonyl (C=O) groups excluding carboxylic acids is 2. The van der Waals surface area contributed by atoms with E-state index in [9.17, 15) is 24.9 Å². The lowest BCUT2D eigenvalue weighted by Crippen LogP contribution is -2.69. The van der Waals surface area contributed by atoms with Crippen molar-refractivity contribution in [1.29, 1.82) is 0 Å². The Morgan fingerprint density at radius 3 is 2.33 bits per heavy atom. The van der Waals surface area contributed by atoms with E-state index < -0.39 is 17.6 Å². The zero-order valence-corrected chi connectivity index (χ0v) is 30.9. The maximum Gasteiger partial charge on any atom is 0.160 e. The Hall–Kier alpha value is -2.06.